The molecule has 1 fully saturated rings. The fourth-order valence-corrected chi connectivity index (χ4v) is 2.70. The van der Waals surface area contributed by atoms with Crippen molar-refractivity contribution in [2.45, 2.75) is 59.4 Å². The highest BCUT2D eigenvalue weighted by Crippen LogP contribution is 2.22. The quantitative estimate of drug-likeness (QED) is 0.672. The van der Waals surface area contributed by atoms with E-state index in [4.69, 9.17) is 5.11 Å². The summed E-state index contributed by atoms with van der Waals surface area (Å²) in [6, 6.07) is 0.673. The molecule has 0 unspecified atom stereocenters. The molecular formula is C17H34N2O. The van der Waals surface area contributed by atoms with Crippen molar-refractivity contribution in [1.29, 1.82) is 0 Å². The number of likely N-dealkylation sites (tertiary alicyclic amines) is 1. The van der Waals surface area contributed by atoms with E-state index in [9.17, 15) is 0 Å². The SMILES string of the molecule is CC(C)=CCN1CCC(NCC(C)(C)CCCO)CC1. The highest BCUT2D eigenvalue weighted by Gasteiger charge is 2.22. The van der Waals surface area contributed by atoms with Crippen molar-refractivity contribution in [3.63, 3.8) is 0 Å². The molecular weight excluding hydrogens is 248 g/mol. The van der Waals surface area contributed by atoms with Gasteiger partial charge in [0.25, 0.3) is 0 Å². The van der Waals surface area contributed by atoms with Crippen LogP contribution < -0.4 is 5.32 Å². The summed E-state index contributed by atoms with van der Waals surface area (Å²) in [5.41, 5.74) is 1.71. The average molecular weight is 282 g/mol. The van der Waals surface area contributed by atoms with E-state index in [0.29, 0.717) is 18.1 Å². The fraction of sp³-hybridized carbons (Fsp3) is 0.882. The summed E-state index contributed by atoms with van der Waals surface area (Å²) in [5.74, 6) is 0. The minimum atomic E-state index is 0.294. The number of allylic oxidation sites excluding steroid dienone is 1. The van der Waals surface area contributed by atoms with Gasteiger partial charge in [-0.25, -0.2) is 0 Å². The van der Waals surface area contributed by atoms with Gasteiger partial charge in [-0.1, -0.05) is 25.5 Å². The van der Waals surface area contributed by atoms with E-state index < -0.39 is 0 Å². The lowest BCUT2D eigenvalue weighted by Gasteiger charge is -2.34. The van der Waals surface area contributed by atoms with Crippen LogP contribution in [0.4, 0.5) is 0 Å². The molecule has 1 heterocycles. The minimum absolute atomic E-state index is 0.294. The maximum atomic E-state index is 8.93. The smallest absolute Gasteiger partial charge is 0.0431 e. The first-order valence-corrected chi connectivity index (χ1v) is 8.13. The zero-order valence-electron chi connectivity index (χ0n) is 13.9. The molecule has 0 atom stereocenters. The molecule has 1 aliphatic heterocycles. The van der Waals surface area contributed by atoms with Crippen molar-refractivity contribution in [2.24, 2.45) is 5.41 Å². The predicted octanol–water partition coefficient (Wildman–Crippen LogP) is 2.81. The maximum Gasteiger partial charge on any atom is 0.0431 e. The molecule has 2 N–H and O–H groups in total. The third kappa shape index (κ3) is 7.41. The van der Waals surface area contributed by atoms with E-state index >= 15 is 0 Å². The summed E-state index contributed by atoms with van der Waals surface area (Å²) in [7, 11) is 0. The molecule has 118 valence electrons. The van der Waals surface area contributed by atoms with Crippen LogP contribution in [0.25, 0.3) is 0 Å². The summed E-state index contributed by atoms with van der Waals surface area (Å²) >= 11 is 0. The molecule has 0 aliphatic carbocycles. The van der Waals surface area contributed by atoms with Gasteiger partial charge < -0.3 is 10.4 Å². The first-order chi connectivity index (χ1) is 9.43. The Labute approximate surface area is 125 Å². The number of nitrogens with zero attached hydrogens (tertiary/aromatic N) is 1. The normalized spacial score (nSPS) is 18.2. The number of hydrogen-bond acceptors (Lipinski definition) is 3. The molecule has 0 spiro atoms. The highest BCUT2D eigenvalue weighted by atomic mass is 16.2. The fourth-order valence-electron chi connectivity index (χ4n) is 2.70. The number of hydrogen-bond donors (Lipinski definition) is 2. The van der Waals surface area contributed by atoms with E-state index in [1.807, 2.05) is 0 Å². The molecule has 1 aliphatic rings. The van der Waals surface area contributed by atoms with Gasteiger partial charge in [0.1, 0.15) is 0 Å². The Morgan fingerprint density at radius 1 is 1.30 bits per heavy atom. The molecule has 3 nitrogen and oxygen atoms in total. The van der Waals surface area contributed by atoms with E-state index in [0.717, 1.165) is 25.9 Å². The third-order valence-electron chi connectivity index (χ3n) is 4.23. The Kier molecular flexibility index (Phi) is 7.78. The summed E-state index contributed by atoms with van der Waals surface area (Å²) < 4.78 is 0. The van der Waals surface area contributed by atoms with E-state index in [2.05, 4.69) is 44.0 Å². The second kappa shape index (κ2) is 8.81. The first-order valence-electron chi connectivity index (χ1n) is 8.13. The molecule has 3 heteroatoms. The standard InChI is InChI=1S/C17H34N2O/c1-15(2)6-10-19-11-7-16(8-12-19)18-14-17(3,4)9-5-13-20/h6,16,18,20H,5,7-14H2,1-4H3. The Morgan fingerprint density at radius 2 is 1.95 bits per heavy atom. The zero-order chi connectivity index (χ0) is 15.0. The van der Waals surface area contributed by atoms with Crippen LogP contribution in [0.1, 0.15) is 53.4 Å². The number of piperidine rings is 1. The Morgan fingerprint density at radius 3 is 2.50 bits per heavy atom. The molecule has 0 saturated carbocycles. The average Bonchev–Trinajstić information content (AvgIpc) is 2.42. The lowest BCUT2D eigenvalue weighted by molar-refractivity contribution is 0.192. The van der Waals surface area contributed by atoms with Gasteiger partial charge in [-0.05, 0) is 58.0 Å². The van der Waals surface area contributed by atoms with Gasteiger partial charge >= 0.3 is 0 Å². The van der Waals surface area contributed by atoms with Gasteiger partial charge in [0.05, 0.1) is 0 Å². The van der Waals surface area contributed by atoms with Crippen LogP contribution >= 0.6 is 0 Å². The molecule has 0 radical (unpaired) electrons. The van der Waals surface area contributed by atoms with E-state index in [1.165, 1.54) is 31.5 Å². The molecule has 0 bridgehead atoms. The summed E-state index contributed by atoms with van der Waals surface area (Å²) in [4.78, 5) is 2.54. The van der Waals surface area contributed by atoms with Crippen molar-refractivity contribution in [3.8, 4) is 0 Å². The Balaban J connectivity index is 2.20. The summed E-state index contributed by atoms with van der Waals surface area (Å²) in [5, 5.41) is 12.7. The maximum absolute atomic E-state index is 8.93. The topological polar surface area (TPSA) is 35.5 Å². The Bertz CT molecular complexity index is 287. The van der Waals surface area contributed by atoms with Gasteiger partial charge in [0, 0.05) is 25.7 Å². The van der Waals surface area contributed by atoms with Crippen LogP contribution in [0.2, 0.25) is 0 Å². The highest BCUT2D eigenvalue weighted by molar-refractivity contribution is 4.95. The number of aliphatic hydroxyl groups excluding tert-OH is 1. The van der Waals surface area contributed by atoms with Gasteiger partial charge in [-0.2, -0.15) is 0 Å². The minimum Gasteiger partial charge on any atom is -0.396 e. The summed E-state index contributed by atoms with van der Waals surface area (Å²) in [6.45, 7) is 13.8. The Hall–Kier alpha value is -0.380. The second-order valence-electron chi connectivity index (χ2n) is 7.23. The van der Waals surface area contributed by atoms with Crippen molar-refractivity contribution < 1.29 is 5.11 Å². The predicted molar refractivity (Wildman–Crippen MR) is 87.0 cm³/mol. The van der Waals surface area contributed by atoms with Crippen LogP contribution in [-0.2, 0) is 0 Å². The zero-order valence-corrected chi connectivity index (χ0v) is 13.9. The van der Waals surface area contributed by atoms with Crippen LogP contribution in [0.3, 0.4) is 0 Å². The lowest BCUT2D eigenvalue weighted by atomic mass is 9.87. The van der Waals surface area contributed by atoms with Gasteiger partial charge in [-0.3, -0.25) is 4.90 Å². The van der Waals surface area contributed by atoms with Crippen LogP contribution in [-0.4, -0.2) is 48.8 Å². The van der Waals surface area contributed by atoms with Crippen molar-refractivity contribution in [1.82, 2.24) is 10.2 Å². The molecule has 1 saturated heterocycles. The first kappa shape index (κ1) is 17.7. The van der Waals surface area contributed by atoms with Crippen molar-refractivity contribution in [2.75, 3.05) is 32.8 Å². The molecule has 1 rings (SSSR count). The molecule has 0 amide bonds. The van der Waals surface area contributed by atoms with Crippen LogP contribution in [0.5, 0.6) is 0 Å². The molecule has 0 aromatic carbocycles. The molecule has 20 heavy (non-hydrogen) atoms. The number of rotatable bonds is 8. The number of aliphatic hydroxyl groups is 1. The van der Waals surface area contributed by atoms with Gasteiger partial charge in [0.15, 0.2) is 0 Å². The largest absolute Gasteiger partial charge is 0.396 e. The number of nitrogens with one attached hydrogen (secondary N) is 1. The van der Waals surface area contributed by atoms with Crippen molar-refractivity contribution in [3.05, 3.63) is 11.6 Å². The van der Waals surface area contributed by atoms with Crippen LogP contribution in [0.15, 0.2) is 11.6 Å². The van der Waals surface area contributed by atoms with Crippen molar-refractivity contribution >= 4 is 0 Å². The van der Waals surface area contributed by atoms with E-state index in [-0.39, 0.29) is 0 Å². The van der Waals surface area contributed by atoms with Gasteiger partial charge in [0.2, 0.25) is 0 Å². The monoisotopic (exact) mass is 282 g/mol. The molecule has 0 aromatic rings. The van der Waals surface area contributed by atoms with E-state index in [1.54, 1.807) is 0 Å². The van der Waals surface area contributed by atoms with Gasteiger partial charge in [-0.15, -0.1) is 0 Å². The third-order valence-corrected chi connectivity index (χ3v) is 4.23. The van der Waals surface area contributed by atoms with Crippen LogP contribution in [0, 0.1) is 5.41 Å². The molecule has 0 aromatic heterocycles. The summed E-state index contributed by atoms with van der Waals surface area (Å²) in [6.07, 6.45) is 6.84. The lowest BCUT2D eigenvalue weighted by Crippen LogP contribution is -2.45. The second-order valence-corrected chi connectivity index (χ2v) is 7.23.